The molecular formula is C18H23ClN2O4. The third-order valence-electron chi connectivity index (χ3n) is 4.24. The van der Waals surface area contributed by atoms with Gasteiger partial charge >= 0.3 is 5.63 Å². The van der Waals surface area contributed by atoms with Crippen LogP contribution in [0.4, 0.5) is 0 Å². The second kappa shape index (κ2) is 9.44. The van der Waals surface area contributed by atoms with Gasteiger partial charge in [0.2, 0.25) is 0 Å². The molecule has 1 saturated heterocycles. The number of piperidine rings is 1. The molecule has 1 aliphatic rings. The predicted octanol–water partition coefficient (Wildman–Crippen LogP) is 2.10. The summed E-state index contributed by atoms with van der Waals surface area (Å²) < 4.78 is 10.6. The van der Waals surface area contributed by atoms with Crippen molar-refractivity contribution in [3.05, 3.63) is 40.8 Å². The van der Waals surface area contributed by atoms with Crippen molar-refractivity contribution in [1.82, 2.24) is 10.6 Å². The van der Waals surface area contributed by atoms with Crippen molar-refractivity contribution in [3.8, 4) is 5.75 Å². The van der Waals surface area contributed by atoms with E-state index in [1.807, 2.05) is 0 Å². The molecule has 7 heteroatoms. The third-order valence-corrected chi connectivity index (χ3v) is 4.24. The van der Waals surface area contributed by atoms with Crippen molar-refractivity contribution in [2.45, 2.75) is 19.3 Å². The molecule has 1 aromatic carbocycles. The lowest BCUT2D eigenvalue weighted by Crippen LogP contribution is -2.34. The van der Waals surface area contributed by atoms with E-state index >= 15 is 0 Å². The number of hydrogen-bond acceptors (Lipinski definition) is 5. The van der Waals surface area contributed by atoms with Crippen LogP contribution >= 0.6 is 12.4 Å². The minimum atomic E-state index is -0.408. The van der Waals surface area contributed by atoms with E-state index in [4.69, 9.17) is 9.15 Å². The summed E-state index contributed by atoms with van der Waals surface area (Å²) in [5.74, 6) is 1.00. The van der Waals surface area contributed by atoms with Crippen LogP contribution in [0.1, 0.15) is 19.3 Å². The van der Waals surface area contributed by atoms with Gasteiger partial charge in [0.25, 0.3) is 5.91 Å². The number of benzene rings is 1. The highest BCUT2D eigenvalue weighted by atomic mass is 35.5. The number of rotatable bonds is 6. The number of carbonyl (C=O) groups excluding carboxylic acids is 1. The van der Waals surface area contributed by atoms with Crippen molar-refractivity contribution >= 4 is 29.3 Å². The Bertz CT molecular complexity index is 756. The lowest BCUT2D eigenvalue weighted by atomic mass is 9.96. The van der Waals surface area contributed by atoms with E-state index in [9.17, 15) is 9.59 Å². The highest BCUT2D eigenvalue weighted by molar-refractivity contribution is 5.85. The summed E-state index contributed by atoms with van der Waals surface area (Å²) in [6.07, 6.45) is 3.42. The van der Waals surface area contributed by atoms with Crippen molar-refractivity contribution in [1.29, 1.82) is 0 Å². The van der Waals surface area contributed by atoms with Gasteiger partial charge in [-0.25, -0.2) is 4.79 Å². The number of nitrogens with one attached hydrogen (secondary N) is 2. The quantitative estimate of drug-likeness (QED) is 0.765. The summed E-state index contributed by atoms with van der Waals surface area (Å²) in [5, 5.41) is 7.06. The third kappa shape index (κ3) is 5.76. The Morgan fingerprint density at radius 2 is 2.16 bits per heavy atom. The molecule has 0 aliphatic carbocycles. The summed E-state index contributed by atoms with van der Waals surface area (Å²) in [4.78, 5) is 23.1. The first kappa shape index (κ1) is 19.3. The Balaban J connectivity index is 0.00000225. The van der Waals surface area contributed by atoms with Crippen LogP contribution in [-0.2, 0) is 4.79 Å². The van der Waals surface area contributed by atoms with Gasteiger partial charge < -0.3 is 19.8 Å². The van der Waals surface area contributed by atoms with Gasteiger partial charge in [0, 0.05) is 24.1 Å². The molecule has 2 aromatic rings. The second-order valence-electron chi connectivity index (χ2n) is 6.09. The Morgan fingerprint density at radius 1 is 1.32 bits per heavy atom. The largest absolute Gasteiger partial charge is 0.484 e. The van der Waals surface area contributed by atoms with Crippen molar-refractivity contribution < 1.29 is 13.9 Å². The summed E-state index contributed by atoms with van der Waals surface area (Å²) in [7, 11) is 0. The predicted molar refractivity (Wildman–Crippen MR) is 98.4 cm³/mol. The van der Waals surface area contributed by atoms with E-state index in [0.717, 1.165) is 24.9 Å². The fourth-order valence-corrected chi connectivity index (χ4v) is 2.92. The van der Waals surface area contributed by atoms with Gasteiger partial charge in [-0.3, -0.25) is 4.79 Å². The highest BCUT2D eigenvalue weighted by Gasteiger charge is 2.13. The second-order valence-corrected chi connectivity index (χ2v) is 6.09. The van der Waals surface area contributed by atoms with Crippen LogP contribution in [0.5, 0.6) is 5.75 Å². The normalized spacial score (nSPS) is 16.9. The average Bonchev–Trinajstić information content (AvgIpc) is 2.60. The molecule has 1 amide bonds. The van der Waals surface area contributed by atoms with Crippen molar-refractivity contribution in [2.24, 2.45) is 5.92 Å². The van der Waals surface area contributed by atoms with E-state index in [1.54, 1.807) is 24.3 Å². The van der Waals surface area contributed by atoms with Crippen LogP contribution in [0, 0.1) is 5.92 Å². The van der Waals surface area contributed by atoms with Crippen molar-refractivity contribution in [2.75, 3.05) is 26.2 Å². The number of hydrogen-bond donors (Lipinski definition) is 2. The number of fused-ring (bicyclic) bond motifs is 1. The maximum Gasteiger partial charge on any atom is 0.336 e. The molecule has 2 N–H and O–H groups in total. The van der Waals surface area contributed by atoms with Gasteiger partial charge in [0.05, 0.1) is 0 Å². The maximum absolute atomic E-state index is 11.9. The molecule has 0 spiro atoms. The molecule has 6 nitrogen and oxygen atoms in total. The van der Waals surface area contributed by atoms with E-state index in [-0.39, 0.29) is 24.9 Å². The minimum Gasteiger partial charge on any atom is -0.484 e. The Kier molecular flexibility index (Phi) is 7.28. The monoisotopic (exact) mass is 366 g/mol. The summed E-state index contributed by atoms with van der Waals surface area (Å²) in [6.45, 7) is 2.75. The van der Waals surface area contributed by atoms with Gasteiger partial charge in [0.15, 0.2) is 6.61 Å². The summed E-state index contributed by atoms with van der Waals surface area (Å²) in [6, 6.07) is 8.23. The number of ether oxygens (including phenoxy) is 1. The van der Waals surface area contributed by atoms with Gasteiger partial charge in [0.1, 0.15) is 11.3 Å². The van der Waals surface area contributed by atoms with Gasteiger partial charge in [-0.05, 0) is 56.5 Å². The molecular weight excluding hydrogens is 344 g/mol. The van der Waals surface area contributed by atoms with E-state index in [1.165, 1.54) is 18.9 Å². The number of halogens is 1. The van der Waals surface area contributed by atoms with Gasteiger partial charge in [-0.15, -0.1) is 12.4 Å². The Labute approximate surface area is 152 Å². The molecule has 1 aliphatic heterocycles. The number of amides is 1. The lowest BCUT2D eigenvalue weighted by molar-refractivity contribution is -0.123. The molecule has 1 unspecified atom stereocenters. The minimum absolute atomic E-state index is 0. The lowest BCUT2D eigenvalue weighted by Gasteiger charge is -2.22. The van der Waals surface area contributed by atoms with Crippen LogP contribution in [0.15, 0.2) is 39.5 Å². The van der Waals surface area contributed by atoms with Crippen LogP contribution in [0.25, 0.3) is 11.0 Å². The standard InChI is InChI=1S/C18H22N2O4.ClH/c21-17(20-9-7-13-2-1-8-19-11-13)12-23-15-5-3-14-4-6-18(22)24-16(14)10-15;/h3-6,10,13,19H,1-2,7-9,11-12H2,(H,20,21);1H. The Hall–Kier alpha value is -2.05. The van der Waals surface area contributed by atoms with Crippen LogP contribution < -0.4 is 21.0 Å². The molecule has 0 bridgehead atoms. The first-order valence-corrected chi connectivity index (χ1v) is 8.35. The molecule has 2 heterocycles. The van der Waals surface area contributed by atoms with Crippen LogP contribution in [0.3, 0.4) is 0 Å². The first-order chi connectivity index (χ1) is 11.7. The molecule has 0 saturated carbocycles. The van der Waals surface area contributed by atoms with E-state index in [2.05, 4.69) is 10.6 Å². The van der Waals surface area contributed by atoms with Crippen molar-refractivity contribution in [3.63, 3.8) is 0 Å². The van der Waals surface area contributed by atoms with E-state index in [0.29, 0.717) is 23.8 Å². The molecule has 0 radical (unpaired) electrons. The molecule has 1 aromatic heterocycles. The molecule has 1 atom stereocenters. The zero-order valence-corrected chi connectivity index (χ0v) is 14.8. The maximum atomic E-state index is 11.9. The summed E-state index contributed by atoms with van der Waals surface area (Å²) >= 11 is 0. The van der Waals surface area contributed by atoms with Crippen LogP contribution in [-0.4, -0.2) is 32.1 Å². The SMILES string of the molecule is Cl.O=C(COc1ccc2ccc(=O)oc2c1)NCCC1CCCNC1. The summed E-state index contributed by atoms with van der Waals surface area (Å²) in [5.41, 5.74) is 0.0415. The van der Waals surface area contributed by atoms with Gasteiger partial charge in [-0.2, -0.15) is 0 Å². The Morgan fingerprint density at radius 3 is 2.96 bits per heavy atom. The van der Waals surface area contributed by atoms with E-state index < -0.39 is 5.63 Å². The first-order valence-electron chi connectivity index (χ1n) is 8.35. The fourth-order valence-electron chi connectivity index (χ4n) is 2.92. The molecule has 25 heavy (non-hydrogen) atoms. The molecule has 3 rings (SSSR count). The molecule has 1 fully saturated rings. The van der Waals surface area contributed by atoms with Crippen LogP contribution in [0.2, 0.25) is 0 Å². The smallest absolute Gasteiger partial charge is 0.336 e. The number of carbonyl (C=O) groups is 1. The fraction of sp³-hybridized carbons (Fsp3) is 0.444. The zero-order chi connectivity index (χ0) is 16.8. The van der Waals surface area contributed by atoms with Gasteiger partial charge in [-0.1, -0.05) is 0 Å². The average molecular weight is 367 g/mol. The molecule has 136 valence electrons. The zero-order valence-electron chi connectivity index (χ0n) is 14.0. The topological polar surface area (TPSA) is 80.6 Å². The highest BCUT2D eigenvalue weighted by Crippen LogP contribution is 2.19.